The lowest BCUT2D eigenvalue weighted by atomic mass is 9.71. The largest absolute Gasteiger partial charge is 0.348 e. The van der Waals surface area contributed by atoms with E-state index in [1.54, 1.807) is 11.3 Å². The Kier molecular flexibility index (Phi) is 3.69. The summed E-state index contributed by atoms with van der Waals surface area (Å²) in [4.78, 5) is 18.1. The molecule has 0 radical (unpaired) electrons. The molecule has 3 atom stereocenters. The molecular weight excluding hydrogens is 312 g/mol. The zero-order valence-corrected chi connectivity index (χ0v) is 13.9. The van der Waals surface area contributed by atoms with Gasteiger partial charge in [-0.15, -0.1) is 11.3 Å². The molecule has 0 spiro atoms. The second-order valence-corrected chi connectivity index (χ2v) is 7.33. The number of aromatic nitrogens is 2. The molecule has 2 aromatic heterocycles. The van der Waals surface area contributed by atoms with Crippen LogP contribution in [-0.2, 0) is 11.3 Å². The molecule has 2 N–H and O–H groups in total. The van der Waals surface area contributed by atoms with Gasteiger partial charge < -0.3 is 15.2 Å². The van der Waals surface area contributed by atoms with Crippen LogP contribution in [0.3, 0.4) is 0 Å². The Morgan fingerprint density at radius 2 is 2.48 bits per heavy atom. The highest BCUT2D eigenvalue weighted by Crippen LogP contribution is 2.45. The first-order valence-corrected chi connectivity index (χ1v) is 9.00. The number of rotatable bonds is 5. The van der Waals surface area contributed by atoms with Crippen molar-refractivity contribution in [1.29, 1.82) is 0 Å². The van der Waals surface area contributed by atoms with Crippen molar-refractivity contribution in [2.24, 2.45) is 5.41 Å². The van der Waals surface area contributed by atoms with Crippen LogP contribution in [0.15, 0.2) is 22.0 Å². The number of nitrogens with one attached hydrogen (secondary N) is 2. The normalized spacial score (nSPS) is 29.1. The van der Waals surface area contributed by atoms with Crippen molar-refractivity contribution in [3.05, 3.63) is 23.3 Å². The lowest BCUT2D eigenvalue weighted by Gasteiger charge is -2.34. The van der Waals surface area contributed by atoms with E-state index in [2.05, 4.69) is 27.7 Å². The predicted octanol–water partition coefficient (Wildman–Crippen LogP) is 2.33. The first-order valence-electron chi connectivity index (χ1n) is 8.12. The number of hydrogen-bond donors (Lipinski definition) is 2. The molecule has 122 valence electrons. The van der Waals surface area contributed by atoms with E-state index in [0.29, 0.717) is 30.3 Å². The van der Waals surface area contributed by atoms with Crippen LogP contribution in [0.1, 0.15) is 38.4 Å². The van der Waals surface area contributed by atoms with Gasteiger partial charge in [0.25, 0.3) is 5.89 Å². The molecule has 2 aliphatic heterocycles. The average molecular weight is 332 g/mol. The van der Waals surface area contributed by atoms with Crippen molar-refractivity contribution in [3.63, 3.8) is 0 Å². The number of amides is 1. The summed E-state index contributed by atoms with van der Waals surface area (Å²) >= 11 is 1.55. The average Bonchev–Trinajstić information content (AvgIpc) is 3.35. The zero-order valence-electron chi connectivity index (χ0n) is 13.0. The van der Waals surface area contributed by atoms with Gasteiger partial charge in [0.05, 0.1) is 16.8 Å². The molecule has 7 heteroatoms. The van der Waals surface area contributed by atoms with Crippen molar-refractivity contribution in [1.82, 2.24) is 20.8 Å². The van der Waals surface area contributed by atoms with Gasteiger partial charge in [0.1, 0.15) is 0 Å². The lowest BCUT2D eigenvalue weighted by molar-refractivity contribution is -0.132. The summed E-state index contributed by atoms with van der Waals surface area (Å²) in [7, 11) is 0. The van der Waals surface area contributed by atoms with Crippen LogP contribution in [-0.4, -0.2) is 28.1 Å². The van der Waals surface area contributed by atoms with E-state index in [-0.39, 0.29) is 11.3 Å². The molecule has 0 aromatic carbocycles. The van der Waals surface area contributed by atoms with E-state index in [0.717, 1.165) is 24.1 Å². The second kappa shape index (κ2) is 5.72. The Bertz CT molecular complexity index is 699. The molecule has 2 bridgehead atoms. The van der Waals surface area contributed by atoms with E-state index in [1.165, 1.54) is 6.42 Å². The lowest BCUT2D eigenvalue weighted by Crippen LogP contribution is -2.48. The quantitative estimate of drug-likeness (QED) is 0.878. The predicted molar refractivity (Wildman–Crippen MR) is 86.7 cm³/mol. The van der Waals surface area contributed by atoms with E-state index >= 15 is 0 Å². The maximum atomic E-state index is 12.8. The molecule has 0 unspecified atom stereocenters. The van der Waals surface area contributed by atoms with Gasteiger partial charge in [0.2, 0.25) is 5.91 Å². The summed E-state index contributed by atoms with van der Waals surface area (Å²) < 4.78 is 5.25. The molecular formula is C16H20N4O2S. The molecule has 4 rings (SSSR count). The van der Waals surface area contributed by atoms with Crippen molar-refractivity contribution in [2.45, 2.75) is 51.2 Å². The minimum Gasteiger partial charge on any atom is -0.348 e. The van der Waals surface area contributed by atoms with Crippen LogP contribution in [0.25, 0.3) is 10.8 Å². The Balaban J connectivity index is 1.42. The SMILES string of the molecule is CC[C@@]1(C(=O)NCc2noc(-c3cccs3)n2)C[C@@H]2CC[C@H]1N2. The van der Waals surface area contributed by atoms with E-state index in [1.807, 2.05) is 17.5 Å². The monoisotopic (exact) mass is 332 g/mol. The van der Waals surface area contributed by atoms with Gasteiger partial charge in [-0.05, 0) is 37.1 Å². The summed E-state index contributed by atoms with van der Waals surface area (Å²) in [6.45, 7) is 2.41. The Labute approximate surface area is 138 Å². The minimum atomic E-state index is -0.275. The molecule has 2 aromatic rings. The zero-order chi connectivity index (χ0) is 15.9. The van der Waals surface area contributed by atoms with Crippen LogP contribution in [0.4, 0.5) is 0 Å². The van der Waals surface area contributed by atoms with Gasteiger partial charge in [-0.1, -0.05) is 18.1 Å². The third kappa shape index (κ3) is 2.48. The first kappa shape index (κ1) is 14.8. The fourth-order valence-corrected chi connectivity index (χ4v) is 4.61. The number of nitrogens with zero attached hydrogens (tertiary/aromatic N) is 2. The second-order valence-electron chi connectivity index (χ2n) is 6.38. The highest BCUT2D eigenvalue weighted by molar-refractivity contribution is 7.13. The molecule has 0 aliphatic carbocycles. The number of hydrogen-bond acceptors (Lipinski definition) is 6. The van der Waals surface area contributed by atoms with Gasteiger partial charge >= 0.3 is 0 Å². The summed E-state index contributed by atoms with van der Waals surface area (Å²) in [5.74, 6) is 1.14. The molecule has 0 saturated carbocycles. The van der Waals surface area contributed by atoms with Crippen molar-refractivity contribution in [3.8, 4) is 10.8 Å². The maximum absolute atomic E-state index is 12.8. The fourth-order valence-electron chi connectivity index (χ4n) is 3.96. The van der Waals surface area contributed by atoms with Crippen LogP contribution >= 0.6 is 11.3 Å². The highest BCUT2D eigenvalue weighted by Gasteiger charge is 2.54. The van der Waals surface area contributed by atoms with Crippen LogP contribution in [0, 0.1) is 5.41 Å². The smallest absolute Gasteiger partial charge is 0.268 e. The molecule has 2 fully saturated rings. The standard InChI is InChI=1S/C16H20N4O2S/c1-2-16(8-10-5-6-12(16)18-10)15(21)17-9-13-19-14(22-20-13)11-4-3-7-23-11/h3-4,7,10,12,18H,2,5-6,8-9H2,1H3,(H,17,21)/t10-,12+,16+/m0/s1. The van der Waals surface area contributed by atoms with E-state index < -0.39 is 0 Å². The summed E-state index contributed by atoms with van der Waals surface area (Å²) in [5.41, 5.74) is -0.275. The van der Waals surface area contributed by atoms with Crippen LogP contribution < -0.4 is 10.6 Å². The number of thiophene rings is 1. The Morgan fingerprint density at radius 1 is 1.57 bits per heavy atom. The van der Waals surface area contributed by atoms with Crippen molar-refractivity contribution < 1.29 is 9.32 Å². The Morgan fingerprint density at radius 3 is 3.13 bits per heavy atom. The molecule has 2 saturated heterocycles. The fraction of sp³-hybridized carbons (Fsp3) is 0.562. The van der Waals surface area contributed by atoms with Crippen LogP contribution in [0.2, 0.25) is 0 Å². The maximum Gasteiger partial charge on any atom is 0.268 e. The van der Waals surface area contributed by atoms with Crippen LogP contribution in [0.5, 0.6) is 0 Å². The molecule has 4 heterocycles. The van der Waals surface area contributed by atoms with Gasteiger partial charge in [0.15, 0.2) is 5.82 Å². The van der Waals surface area contributed by atoms with Gasteiger partial charge in [-0.2, -0.15) is 4.98 Å². The number of carbonyl (C=O) groups is 1. The Hall–Kier alpha value is -1.73. The third-order valence-corrected chi connectivity index (χ3v) is 6.07. The highest BCUT2D eigenvalue weighted by atomic mass is 32.1. The first-order chi connectivity index (χ1) is 11.2. The summed E-state index contributed by atoms with van der Waals surface area (Å²) in [5, 5.41) is 12.5. The van der Waals surface area contributed by atoms with Gasteiger partial charge in [-0.25, -0.2) is 0 Å². The topological polar surface area (TPSA) is 80.1 Å². The van der Waals surface area contributed by atoms with Crippen molar-refractivity contribution >= 4 is 17.2 Å². The third-order valence-electron chi connectivity index (χ3n) is 5.21. The summed E-state index contributed by atoms with van der Waals surface area (Å²) in [6, 6.07) is 4.69. The molecule has 1 amide bonds. The molecule has 23 heavy (non-hydrogen) atoms. The van der Waals surface area contributed by atoms with E-state index in [9.17, 15) is 4.79 Å². The number of fused-ring (bicyclic) bond motifs is 2. The van der Waals surface area contributed by atoms with Crippen molar-refractivity contribution in [2.75, 3.05) is 0 Å². The molecule has 2 aliphatic rings. The van der Waals surface area contributed by atoms with Gasteiger partial charge in [0, 0.05) is 12.1 Å². The minimum absolute atomic E-state index is 0.113. The van der Waals surface area contributed by atoms with E-state index in [4.69, 9.17) is 4.52 Å². The molecule has 6 nitrogen and oxygen atoms in total. The number of carbonyl (C=O) groups excluding carboxylic acids is 1. The van der Waals surface area contributed by atoms with Gasteiger partial charge in [-0.3, -0.25) is 4.79 Å². The summed E-state index contributed by atoms with van der Waals surface area (Å²) in [6.07, 6.45) is 4.08.